The van der Waals surface area contributed by atoms with Crippen molar-refractivity contribution >= 4 is 22.7 Å². The maximum atomic E-state index is 12.7. The molecule has 0 aliphatic rings. The van der Waals surface area contributed by atoms with Crippen LogP contribution in [0.25, 0.3) is 22.7 Å². The van der Waals surface area contributed by atoms with Crippen molar-refractivity contribution in [1.29, 1.82) is 0 Å². The lowest BCUT2D eigenvalue weighted by Crippen LogP contribution is -2.10. The molecule has 6 heteroatoms. The van der Waals surface area contributed by atoms with E-state index in [0.717, 1.165) is 11.3 Å². The lowest BCUT2D eigenvalue weighted by molar-refractivity contribution is 0.0992. The predicted octanol–water partition coefficient (Wildman–Crippen LogP) is 3.78. The van der Waals surface area contributed by atoms with Gasteiger partial charge in [-0.15, -0.1) is 0 Å². The van der Waals surface area contributed by atoms with Crippen LogP contribution in [0.4, 0.5) is 5.69 Å². The number of aromatic nitrogens is 3. The first-order chi connectivity index (χ1) is 13.1. The summed E-state index contributed by atoms with van der Waals surface area (Å²) in [5.41, 5.74) is 4.28. The van der Waals surface area contributed by atoms with E-state index in [1.165, 1.54) is 0 Å². The van der Waals surface area contributed by atoms with Crippen LogP contribution in [0, 0.1) is 0 Å². The van der Waals surface area contributed by atoms with Crippen molar-refractivity contribution in [2.45, 2.75) is 6.42 Å². The van der Waals surface area contributed by atoms with E-state index in [2.05, 4.69) is 15.0 Å². The second kappa shape index (κ2) is 6.99. The van der Waals surface area contributed by atoms with Crippen molar-refractivity contribution < 1.29 is 9.21 Å². The highest BCUT2D eigenvalue weighted by molar-refractivity contribution is 5.98. The lowest BCUT2D eigenvalue weighted by atomic mass is 10.0. The molecule has 4 aromatic rings. The molecule has 0 spiro atoms. The van der Waals surface area contributed by atoms with Crippen LogP contribution in [-0.2, 0) is 6.42 Å². The fourth-order valence-electron chi connectivity index (χ4n) is 2.82. The zero-order chi connectivity index (χ0) is 18.8. The fourth-order valence-corrected chi connectivity index (χ4v) is 2.82. The summed E-state index contributed by atoms with van der Waals surface area (Å²) in [7, 11) is 3.90. The maximum Gasteiger partial charge on any atom is 0.229 e. The molecule has 0 N–H and O–H groups in total. The van der Waals surface area contributed by atoms with Crippen LogP contribution < -0.4 is 4.90 Å². The molecule has 3 heterocycles. The Morgan fingerprint density at radius 1 is 1.04 bits per heavy atom. The lowest BCUT2D eigenvalue weighted by Gasteiger charge is -2.13. The van der Waals surface area contributed by atoms with Crippen LogP contribution in [0.15, 0.2) is 65.3 Å². The molecular weight excluding hydrogens is 340 g/mol. The number of carbonyl (C=O) groups excluding carboxylic acids is 1. The molecule has 0 atom stereocenters. The SMILES string of the molecule is CN(C)c1cccc(C(=O)Cc2cc(-c3nc4ncccc4o3)ccn2)c1. The standard InChI is InChI=1S/C21H18N4O2/c1-25(2)17-6-3-5-14(12-17)18(26)13-16-11-15(8-10-22-16)21-24-20-19(27-21)7-4-9-23-20/h3-12H,13H2,1-2H3. The zero-order valence-corrected chi connectivity index (χ0v) is 15.1. The first-order valence-electron chi connectivity index (χ1n) is 8.57. The Morgan fingerprint density at radius 2 is 1.93 bits per heavy atom. The van der Waals surface area contributed by atoms with Gasteiger partial charge < -0.3 is 9.32 Å². The van der Waals surface area contributed by atoms with E-state index in [-0.39, 0.29) is 12.2 Å². The molecule has 1 aromatic carbocycles. The topological polar surface area (TPSA) is 72.1 Å². The third-order valence-electron chi connectivity index (χ3n) is 4.25. The number of nitrogens with zero attached hydrogens (tertiary/aromatic N) is 4. The number of carbonyl (C=O) groups is 1. The summed E-state index contributed by atoms with van der Waals surface area (Å²) >= 11 is 0. The molecule has 6 nitrogen and oxygen atoms in total. The van der Waals surface area contributed by atoms with Crippen molar-refractivity contribution in [2.24, 2.45) is 0 Å². The van der Waals surface area contributed by atoms with E-state index in [1.807, 2.05) is 61.5 Å². The van der Waals surface area contributed by atoms with Gasteiger partial charge in [0.05, 0.1) is 6.42 Å². The minimum Gasteiger partial charge on any atom is -0.434 e. The Bertz CT molecular complexity index is 1080. The van der Waals surface area contributed by atoms with Crippen LogP contribution in [0.3, 0.4) is 0 Å². The second-order valence-electron chi connectivity index (χ2n) is 6.42. The Morgan fingerprint density at radius 3 is 2.74 bits per heavy atom. The van der Waals surface area contributed by atoms with Gasteiger partial charge in [0, 0.05) is 49.0 Å². The quantitative estimate of drug-likeness (QED) is 0.506. The molecule has 0 bridgehead atoms. The van der Waals surface area contributed by atoms with Gasteiger partial charge >= 0.3 is 0 Å². The number of fused-ring (bicyclic) bond motifs is 1. The third-order valence-corrected chi connectivity index (χ3v) is 4.25. The Kier molecular flexibility index (Phi) is 4.38. The van der Waals surface area contributed by atoms with Crippen molar-refractivity contribution in [1.82, 2.24) is 15.0 Å². The third kappa shape index (κ3) is 3.55. The van der Waals surface area contributed by atoms with Crippen LogP contribution >= 0.6 is 0 Å². The van der Waals surface area contributed by atoms with E-state index in [9.17, 15) is 4.79 Å². The van der Waals surface area contributed by atoms with Gasteiger partial charge in [-0.2, -0.15) is 4.98 Å². The first-order valence-corrected chi connectivity index (χ1v) is 8.57. The van der Waals surface area contributed by atoms with Crippen LogP contribution in [0.2, 0.25) is 0 Å². The minimum absolute atomic E-state index is 0.0163. The smallest absolute Gasteiger partial charge is 0.229 e. The van der Waals surface area contributed by atoms with E-state index < -0.39 is 0 Å². The molecule has 0 fully saturated rings. The highest BCUT2D eigenvalue weighted by atomic mass is 16.3. The highest BCUT2D eigenvalue weighted by Gasteiger charge is 2.13. The fraction of sp³-hybridized carbons (Fsp3) is 0.143. The minimum atomic E-state index is 0.0163. The van der Waals surface area contributed by atoms with Gasteiger partial charge in [0.15, 0.2) is 17.0 Å². The molecule has 134 valence electrons. The molecule has 0 aliphatic heterocycles. The van der Waals surface area contributed by atoms with Crippen LogP contribution in [-0.4, -0.2) is 34.8 Å². The number of ketones is 1. The molecule has 27 heavy (non-hydrogen) atoms. The average molecular weight is 358 g/mol. The summed E-state index contributed by atoms with van der Waals surface area (Å²) in [5, 5.41) is 0. The monoisotopic (exact) mass is 358 g/mol. The number of Topliss-reactive ketones (excluding diaryl/α,β-unsaturated/α-hetero) is 1. The number of rotatable bonds is 5. The molecule has 4 rings (SSSR count). The van der Waals surface area contributed by atoms with Gasteiger partial charge in [-0.3, -0.25) is 9.78 Å². The summed E-state index contributed by atoms with van der Waals surface area (Å²) in [4.78, 5) is 27.5. The molecule has 0 saturated heterocycles. The maximum absolute atomic E-state index is 12.7. The van der Waals surface area contributed by atoms with Gasteiger partial charge in [0.2, 0.25) is 5.89 Å². The van der Waals surface area contributed by atoms with Gasteiger partial charge in [-0.25, -0.2) is 4.98 Å². The normalized spacial score (nSPS) is 10.9. The van der Waals surface area contributed by atoms with Gasteiger partial charge in [0.25, 0.3) is 0 Å². The molecule has 0 saturated carbocycles. The zero-order valence-electron chi connectivity index (χ0n) is 15.1. The van der Waals surface area contributed by atoms with Crippen molar-refractivity contribution in [3.8, 4) is 11.5 Å². The van der Waals surface area contributed by atoms with Gasteiger partial charge in [-0.05, 0) is 36.4 Å². The summed E-state index contributed by atoms with van der Waals surface area (Å²) in [6.45, 7) is 0. The van der Waals surface area contributed by atoms with Crippen LogP contribution in [0.1, 0.15) is 16.1 Å². The summed E-state index contributed by atoms with van der Waals surface area (Å²) in [6, 6.07) is 14.8. The molecule has 0 unspecified atom stereocenters. The average Bonchev–Trinajstić information content (AvgIpc) is 3.12. The number of benzene rings is 1. The van der Waals surface area contributed by atoms with Crippen LogP contribution in [0.5, 0.6) is 0 Å². The van der Waals surface area contributed by atoms with E-state index in [1.54, 1.807) is 18.5 Å². The van der Waals surface area contributed by atoms with Crippen molar-refractivity contribution in [3.63, 3.8) is 0 Å². The van der Waals surface area contributed by atoms with Crippen molar-refractivity contribution in [2.75, 3.05) is 19.0 Å². The Balaban J connectivity index is 1.59. The molecule has 0 amide bonds. The number of oxazole rings is 1. The number of hydrogen-bond donors (Lipinski definition) is 0. The van der Waals surface area contributed by atoms with E-state index >= 15 is 0 Å². The number of hydrogen-bond acceptors (Lipinski definition) is 6. The molecular formula is C21H18N4O2. The molecule has 0 aliphatic carbocycles. The largest absolute Gasteiger partial charge is 0.434 e. The number of pyridine rings is 2. The Hall–Kier alpha value is -3.54. The number of anilines is 1. The first kappa shape index (κ1) is 16.9. The highest BCUT2D eigenvalue weighted by Crippen LogP contribution is 2.23. The second-order valence-corrected chi connectivity index (χ2v) is 6.42. The van der Waals surface area contributed by atoms with E-state index in [0.29, 0.717) is 28.4 Å². The van der Waals surface area contributed by atoms with Gasteiger partial charge in [0.1, 0.15) is 0 Å². The summed E-state index contributed by atoms with van der Waals surface area (Å²) in [6.07, 6.45) is 3.55. The Labute approximate surface area is 156 Å². The molecule has 0 radical (unpaired) electrons. The van der Waals surface area contributed by atoms with Crippen molar-refractivity contribution in [3.05, 3.63) is 72.2 Å². The summed E-state index contributed by atoms with van der Waals surface area (Å²) in [5.74, 6) is 0.483. The van der Waals surface area contributed by atoms with Gasteiger partial charge in [-0.1, -0.05) is 12.1 Å². The molecule has 3 aromatic heterocycles. The predicted molar refractivity (Wildman–Crippen MR) is 104 cm³/mol. The summed E-state index contributed by atoms with van der Waals surface area (Å²) < 4.78 is 5.75. The van der Waals surface area contributed by atoms with E-state index in [4.69, 9.17) is 4.42 Å².